The molecule has 0 aromatic carbocycles. The number of amides is 1. The number of halogens is 2. The van der Waals surface area contributed by atoms with E-state index in [4.69, 9.17) is 23.2 Å². The van der Waals surface area contributed by atoms with Gasteiger partial charge in [0.1, 0.15) is 0 Å². The molecule has 0 aromatic rings. The highest BCUT2D eigenvalue weighted by atomic mass is 35.5. The highest BCUT2D eigenvalue weighted by molar-refractivity contribution is 6.40. The molecule has 0 radical (unpaired) electrons. The first-order valence-electron chi connectivity index (χ1n) is 6.93. The van der Waals surface area contributed by atoms with Crippen molar-refractivity contribution in [2.45, 2.75) is 59.5 Å². The molecular weight excluding hydrogens is 283 g/mol. The van der Waals surface area contributed by atoms with Crippen LogP contribution < -0.4 is 0 Å². The van der Waals surface area contributed by atoms with Gasteiger partial charge in [0, 0.05) is 32.1 Å². The Morgan fingerprint density at radius 1 is 1.21 bits per heavy atom. The highest BCUT2D eigenvalue weighted by Crippen LogP contribution is 2.04. The molecule has 0 N–H and O–H groups in total. The van der Waals surface area contributed by atoms with Gasteiger partial charge in [-0.25, -0.2) is 0 Å². The minimum Gasteiger partial charge on any atom is -0.346 e. The molecular formula is C14H30Cl2N2O. The molecule has 3 nitrogen and oxygen atoms in total. The van der Waals surface area contributed by atoms with Crippen molar-refractivity contribution in [3.8, 4) is 0 Å². The average Bonchev–Trinajstić information content (AvgIpc) is 2.65. The molecule has 0 saturated carbocycles. The summed E-state index contributed by atoms with van der Waals surface area (Å²) in [7, 11) is 1.84. The summed E-state index contributed by atoms with van der Waals surface area (Å²) >= 11 is 9.53. The first-order valence-corrected chi connectivity index (χ1v) is 8.00. The number of hydrogen-bond donors (Lipinski definition) is 0. The van der Waals surface area contributed by atoms with Gasteiger partial charge >= 0.3 is 0 Å². The Labute approximate surface area is 129 Å². The lowest BCUT2D eigenvalue weighted by atomic mass is 10.2. The molecule has 1 rings (SSSR count). The molecule has 1 aliphatic rings. The van der Waals surface area contributed by atoms with Crippen LogP contribution >= 0.6 is 23.2 Å². The minimum absolute atomic E-state index is 0.194. The second-order valence-electron chi connectivity index (χ2n) is 5.04. The zero-order valence-electron chi connectivity index (χ0n) is 13.2. The number of likely N-dealkylation sites (tertiary alicyclic amines) is 1. The summed E-state index contributed by atoms with van der Waals surface area (Å²) in [6.07, 6.45) is 1.81. The van der Waals surface area contributed by atoms with E-state index in [0.29, 0.717) is 18.0 Å². The van der Waals surface area contributed by atoms with Crippen molar-refractivity contribution in [2.75, 3.05) is 25.5 Å². The van der Waals surface area contributed by atoms with Crippen LogP contribution in [0.1, 0.15) is 47.5 Å². The van der Waals surface area contributed by atoms with Crippen molar-refractivity contribution in [3.63, 3.8) is 0 Å². The summed E-state index contributed by atoms with van der Waals surface area (Å²) in [6, 6.07) is 1.38. The largest absolute Gasteiger partial charge is 0.346 e. The lowest BCUT2D eigenvalue weighted by Gasteiger charge is -2.28. The number of carbonyl (C=O) groups is 1. The van der Waals surface area contributed by atoms with Crippen LogP contribution in [-0.2, 0) is 4.79 Å². The van der Waals surface area contributed by atoms with Crippen LogP contribution in [0.2, 0.25) is 0 Å². The van der Waals surface area contributed by atoms with E-state index in [9.17, 15) is 4.79 Å². The monoisotopic (exact) mass is 312 g/mol. The molecule has 0 spiro atoms. The second kappa shape index (κ2) is 13.0. The molecule has 116 valence electrons. The second-order valence-corrected chi connectivity index (χ2v) is 5.85. The van der Waals surface area contributed by atoms with E-state index in [1.54, 1.807) is 4.90 Å². The van der Waals surface area contributed by atoms with Gasteiger partial charge in [0.05, 0.1) is 5.34 Å². The summed E-state index contributed by atoms with van der Waals surface area (Å²) in [5.41, 5.74) is 0. The maximum atomic E-state index is 10.5. The Bertz CT molecular complexity index is 215. The molecule has 0 aromatic heterocycles. The molecule has 1 heterocycles. The Balaban J connectivity index is 0. The quantitative estimate of drug-likeness (QED) is 0.740. The molecule has 1 fully saturated rings. The predicted octanol–water partition coefficient (Wildman–Crippen LogP) is 3.79. The van der Waals surface area contributed by atoms with E-state index >= 15 is 0 Å². The first kappa shape index (κ1) is 21.3. The summed E-state index contributed by atoms with van der Waals surface area (Å²) in [4.78, 5) is 14.7. The summed E-state index contributed by atoms with van der Waals surface area (Å²) in [5, 5.41) is 0.194. The van der Waals surface area contributed by atoms with Crippen LogP contribution in [0.5, 0.6) is 0 Å². The smallest absolute Gasteiger partial charge is 0.222 e. The van der Waals surface area contributed by atoms with Gasteiger partial charge in [0.2, 0.25) is 5.91 Å². The molecule has 0 atom stereocenters. The standard InChI is InChI=1S/C8H19N.C5H9NO.CH2Cl2/c1-6-9(7(2)3)8(4)5;1-6-4-2-3-5(6)7;2-1-3/h7-8H,6H2,1-5H3;2-4H2,1H3;1H2. The number of rotatable bonds is 3. The molecule has 0 bridgehead atoms. The Morgan fingerprint density at radius 3 is 1.68 bits per heavy atom. The van der Waals surface area contributed by atoms with Crippen molar-refractivity contribution in [3.05, 3.63) is 0 Å². The van der Waals surface area contributed by atoms with Gasteiger partial charge in [-0.2, -0.15) is 0 Å². The topological polar surface area (TPSA) is 23.6 Å². The molecule has 19 heavy (non-hydrogen) atoms. The Morgan fingerprint density at radius 2 is 1.63 bits per heavy atom. The normalized spacial score (nSPS) is 14.5. The van der Waals surface area contributed by atoms with E-state index in [1.807, 2.05) is 7.05 Å². The Hall–Kier alpha value is 0.01000. The molecule has 1 saturated heterocycles. The molecule has 0 aliphatic carbocycles. The zero-order valence-corrected chi connectivity index (χ0v) is 14.8. The fourth-order valence-electron chi connectivity index (χ4n) is 2.11. The maximum absolute atomic E-state index is 10.5. The molecule has 1 amide bonds. The van der Waals surface area contributed by atoms with Crippen LogP contribution in [0.4, 0.5) is 0 Å². The van der Waals surface area contributed by atoms with E-state index in [-0.39, 0.29) is 5.34 Å². The van der Waals surface area contributed by atoms with Gasteiger partial charge in [0.15, 0.2) is 0 Å². The van der Waals surface area contributed by atoms with Crippen molar-refractivity contribution in [1.29, 1.82) is 0 Å². The van der Waals surface area contributed by atoms with Crippen molar-refractivity contribution >= 4 is 29.1 Å². The van der Waals surface area contributed by atoms with E-state index in [0.717, 1.165) is 25.9 Å². The molecule has 1 aliphatic heterocycles. The van der Waals surface area contributed by atoms with Gasteiger partial charge in [-0.15, -0.1) is 23.2 Å². The van der Waals surface area contributed by atoms with Gasteiger partial charge < -0.3 is 4.90 Å². The van der Waals surface area contributed by atoms with E-state index in [2.05, 4.69) is 39.5 Å². The molecule has 0 unspecified atom stereocenters. The summed E-state index contributed by atoms with van der Waals surface area (Å²) in [6.45, 7) is 13.3. The Kier molecular flexibility index (Phi) is 14.6. The first-order chi connectivity index (χ1) is 8.81. The van der Waals surface area contributed by atoms with Gasteiger partial charge in [0.25, 0.3) is 0 Å². The highest BCUT2D eigenvalue weighted by Gasteiger charge is 2.14. The third-order valence-corrected chi connectivity index (χ3v) is 3.00. The lowest BCUT2D eigenvalue weighted by molar-refractivity contribution is -0.126. The number of nitrogens with zero attached hydrogens (tertiary/aromatic N) is 2. The van der Waals surface area contributed by atoms with Crippen molar-refractivity contribution in [1.82, 2.24) is 9.80 Å². The third-order valence-electron chi connectivity index (χ3n) is 3.00. The van der Waals surface area contributed by atoms with Gasteiger partial charge in [-0.3, -0.25) is 9.69 Å². The molecule has 5 heteroatoms. The van der Waals surface area contributed by atoms with Crippen LogP contribution in [0, 0.1) is 0 Å². The summed E-state index contributed by atoms with van der Waals surface area (Å²) in [5.74, 6) is 0.292. The van der Waals surface area contributed by atoms with Crippen LogP contribution in [0.15, 0.2) is 0 Å². The van der Waals surface area contributed by atoms with Crippen molar-refractivity contribution in [2.24, 2.45) is 0 Å². The van der Waals surface area contributed by atoms with Gasteiger partial charge in [-0.1, -0.05) is 6.92 Å². The van der Waals surface area contributed by atoms with Crippen molar-refractivity contribution < 1.29 is 4.79 Å². The van der Waals surface area contributed by atoms with E-state index in [1.165, 1.54) is 0 Å². The number of hydrogen-bond acceptors (Lipinski definition) is 2. The van der Waals surface area contributed by atoms with Crippen LogP contribution in [0.25, 0.3) is 0 Å². The number of carbonyl (C=O) groups excluding carboxylic acids is 1. The lowest BCUT2D eigenvalue weighted by Crippen LogP contribution is -2.36. The minimum atomic E-state index is 0.194. The predicted molar refractivity (Wildman–Crippen MR) is 86.1 cm³/mol. The van der Waals surface area contributed by atoms with E-state index < -0.39 is 0 Å². The van der Waals surface area contributed by atoms with Crippen LogP contribution in [0.3, 0.4) is 0 Å². The third kappa shape index (κ3) is 11.5. The number of alkyl halides is 2. The zero-order chi connectivity index (χ0) is 15.4. The van der Waals surface area contributed by atoms with Crippen LogP contribution in [-0.4, -0.2) is 53.3 Å². The van der Waals surface area contributed by atoms with Gasteiger partial charge in [-0.05, 0) is 40.7 Å². The fraction of sp³-hybridized carbons (Fsp3) is 0.929. The SMILES string of the molecule is CCN(C(C)C)C(C)C.CN1CCCC1=O.ClCCl. The average molecular weight is 313 g/mol. The fourth-order valence-corrected chi connectivity index (χ4v) is 2.11. The maximum Gasteiger partial charge on any atom is 0.222 e. The summed E-state index contributed by atoms with van der Waals surface area (Å²) < 4.78 is 0.